The lowest BCUT2D eigenvalue weighted by atomic mass is 9.86. The highest BCUT2D eigenvalue weighted by molar-refractivity contribution is 14.0. The largest absolute Gasteiger partial charge is 0.356 e. The van der Waals surface area contributed by atoms with E-state index in [-0.39, 0.29) is 29.4 Å². The third-order valence-electron chi connectivity index (χ3n) is 5.32. The van der Waals surface area contributed by atoms with Gasteiger partial charge in [-0.15, -0.1) is 24.0 Å². The number of nitrogens with zero attached hydrogens (tertiary/aromatic N) is 3. The van der Waals surface area contributed by atoms with Crippen molar-refractivity contribution in [2.75, 3.05) is 59.9 Å². The third kappa shape index (κ3) is 10.9. The van der Waals surface area contributed by atoms with Crippen molar-refractivity contribution in [3.05, 3.63) is 34.9 Å². The third-order valence-corrected chi connectivity index (χ3v) is 5.55. The Bertz CT molecular complexity index is 615. The van der Waals surface area contributed by atoms with Crippen molar-refractivity contribution in [1.82, 2.24) is 20.4 Å². The lowest BCUT2D eigenvalue weighted by molar-refractivity contribution is 0.152. The van der Waals surface area contributed by atoms with Crippen molar-refractivity contribution in [3.63, 3.8) is 0 Å². The van der Waals surface area contributed by atoms with Crippen molar-refractivity contribution in [2.24, 2.45) is 10.4 Å². The molecule has 0 aliphatic carbocycles. The molecule has 0 amide bonds. The number of hydrogen-bond donors (Lipinski definition) is 2. The van der Waals surface area contributed by atoms with Crippen LogP contribution < -0.4 is 10.6 Å². The Labute approximate surface area is 199 Å². The molecule has 1 fully saturated rings. The molecule has 1 aliphatic rings. The van der Waals surface area contributed by atoms with Crippen LogP contribution in [0.2, 0.25) is 5.02 Å². The van der Waals surface area contributed by atoms with Gasteiger partial charge in [-0.05, 0) is 56.0 Å². The Morgan fingerprint density at radius 2 is 1.86 bits per heavy atom. The average molecular weight is 536 g/mol. The van der Waals surface area contributed by atoms with Crippen LogP contribution in [0.25, 0.3) is 0 Å². The van der Waals surface area contributed by atoms with Gasteiger partial charge in [-0.2, -0.15) is 0 Å². The van der Waals surface area contributed by atoms with Crippen molar-refractivity contribution in [1.29, 1.82) is 0 Å². The monoisotopic (exact) mass is 535 g/mol. The maximum Gasteiger partial charge on any atom is 0.190 e. The fraction of sp³-hybridized carbons (Fsp3) is 0.682. The van der Waals surface area contributed by atoms with Crippen LogP contribution in [0.3, 0.4) is 0 Å². The maximum absolute atomic E-state index is 6.11. The van der Waals surface area contributed by atoms with Crippen molar-refractivity contribution in [3.8, 4) is 0 Å². The molecule has 29 heavy (non-hydrogen) atoms. The van der Waals surface area contributed by atoms with Crippen LogP contribution in [-0.4, -0.2) is 75.7 Å². The summed E-state index contributed by atoms with van der Waals surface area (Å²) in [5, 5.41) is 7.73. The summed E-state index contributed by atoms with van der Waals surface area (Å²) in [5.41, 5.74) is 1.38. The Kier molecular flexibility index (Phi) is 12.5. The molecule has 166 valence electrons. The zero-order valence-electron chi connectivity index (χ0n) is 18.5. The minimum absolute atomic E-state index is 0. The number of likely N-dealkylation sites (N-methyl/N-ethyl adjacent to an activating group) is 1. The number of nitrogens with one attached hydrogen (secondary N) is 2. The first-order valence-corrected chi connectivity index (χ1v) is 10.9. The normalized spacial score (nSPS) is 16.4. The van der Waals surface area contributed by atoms with Crippen LogP contribution in [-0.2, 0) is 6.42 Å². The van der Waals surface area contributed by atoms with Gasteiger partial charge >= 0.3 is 0 Å². The van der Waals surface area contributed by atoms with Gasteiger partial charge < -0.3 is 20.4 Å². The molecule has 1 aromatic carbocycles. The highest BCUT2D eigenvalue weighted by Gasteiger charge is 2.19. The van der Waals surface area contributed by atoms with Crippen LogP contribution in [0.1, 0.15) is 32.3 Å². The number of piperazine rings is 1. The van der Waals surface area contributed by atoms with E-state index in [0.717, 1.165) is 30.5 Å². The zero-order valence-corrected chi connectivity index (χ0v) is 21.6. The molecule has 7 heteroatoms. The van der Waals surface area contributed by atoms with Crippen LogP contribution in [0, 0.1) is 5.41 Å². The van der Waals surface area contributed by atoms with E-state index in [1.807, 2.05) is 19.2 Å². The maximum atomic E-state index is 6.11. The van der Waals surface area contributed by atoms with Gasteiger partial charge in [0, 0.05) is 51.3 Å². The SMILES string of the molecule is CN=C(NCCCCN1CCN(C)CC1)NCC(C)(C)Cc1cccc(Cl)c1.I. The molecule has 0 atom stereocenters. The summed E-state index contributed by atoms with van der Waals surface area (Å²) >= 11 is 6.11. The summed E-state index contributed by atoms with van der Waals surface area (Å²) in [6, 6.07) is 8.13. The van der Waals surface area contributed by atoms with Crippen LogP contribution in [0.4, 0.5) is 0 Å². The highest BCUT2D eigenvalue weighted by atomic mass is 127. The summed E-state index contributed by atoms with van der Waals surface area (Å²) in [6.07, 6.45) is 3.37. The van der Waals surface area contributed by atoms with Gasteiger partial charge in [0.05, 0.1) is 0 Å². The lowest BCUT2D eigenvalue weighted by Crippen LogP contribution is -2.45. The van der Waals surface area contributed by atoms with E-state index >= 15 is 0 Å². The van der Waals surface area contributed by atoms with Gasteiger partial charge in [-0.25, -0.2) is 0 Å². The molecule has 5 nitrogen and oxygen atoms in total. The molecule has 0 unspecified atom stereocenters. The number of unbranched alkanes of at least 4 members (excludes halogenated alkanes) is 1. The van der Waals surface area contributed by atoms with E-state index in [2.05, 4.69) is 58.5 Å². The smallest absolute Gasteiger partial charge is 0.190 e. The molecular weight excluding hydrogens is 497 g/mol. The molecule has 0 aromatic heterocycles. The van der Waals surface area contributed by atoms with Gasteiger partial charge in [0.2, 0.25) is 0 Å². The van der Waals surface area contributed by atoms with Gasteiger partial charge in [0.1, 0.15) is 0 Å². The molecule has 1 heterocycles. The second kappa shape index (κ2) is 13.7. The van der Waals surface area contributed by atoms with Crippen LogP contribution in [0.15, 0.2) is 29.3 Å². The lowest BCUT2D eigenvalue weighted by Gasteiger charge is -2.32. The first kappa shape index (κ1) is 26.5. The van der Waals surface area contributed by atoms with Crippen molar-refractivity contribution >= 4 is 41.5 Å². The van der Waals surface area contributed by atoms with Crippen LogP contribution in [0.5, 0.6) is 0 Å². The topological polar surface area (TPSA) is 42.9 Å². The fourth-order valence-electron chi connectivity index (χ4n) is 3.54. The van der Waals surface area contributed by atoms with E-state index in [1.165, 1.54) is 51.1 Å². The van der Waals surface area contributed by atoms with Gasteiger partial charge in [0.15, 0.2) is 5.96 Å². The molecule has 1 aromatic rings. The Morgan fingerprint density at radius 3 is 2.52 bits per heavy atom. The minimum atomic E-state index is 0. The van der Waals surface area contributed by atoms with Crippen molar-refractivity contribution < 1.29 is 0 Å². The second-order valence-corrected chi connectivity index (χ2v) is 9.11. The number of halogens is 2. The van der Waals surface area contributed by atoms with E-state index < -0.39 is 0 Å². The Balaban J connectivity index is 0.00000420. The number of aliphatic imine (C=N–C) groups is 1. The first-order valence-electron chi connectivity index (χ1n) is 10.5. The summed E-state index contributed by atoms with van der Waals surface area (Å²) in [4.78, 5) is 9.34. The van der Waals surface area contributed by atoms with Gasteiger partial charge in [-0.3, -0.25) is 4.99 Å². The van der Waals surface area contributed by atoms with Gasteiger partial charge in [-0.1, -0.05) is 37.6 Å². The number of hydrogen-bond acceptors (Lipinski definition) is 3. The molecular formula is C22H39ClIN5. The highest BCUT2D eigenvalue weighted by Crippen LogP contribution is 2.22. The molecule has 2 N–H and O–H groups in total. The predicted octanol–water partition coefficient (Wildman–Crippen LogP) is 3.72. The van der Waals surface area contributed by atoms with E-state index in [9.17, 15) is 0 Å². The van der Waals surface area contributed by atoms with Gasteiger partial charge in [0.25, 0.3) is 0 Å². The average Bonchev–Trinajstić information content (AvgIpc) is 2.65. The number of benzene rings is 1. The van der Waals surface area contributed by atoms with E-state index in [4.69, 9.17) is 11.6 Å². The summed E-state index contributed by atoms with van der Waals surface area (Å²) in [6.45, 7) is 12.4. The predicted molar refractivity (Wildman–Crippen MR) is 137 cm³/mol. The Morgan fingerprint density at radius 1 is 1.14 bits per heavy atom. The molecule has 0 saturated carbocycles. The summed E-state index contributed by atoms with van der Waals surface area (Å²) in [7, 11) is 4.04. The van der Waals surface area contributed by atoms with Crippen LogP contribution >= 0.6 is 35.6 Å². The fourth-order valence-corrected chi connectivity index (χ4v) is 3.76. The molecule has 0 radical (unpaired) electrons. The second-order valence-electron chi connectivity index (χ2n) is 8.68. The molecule has 1 saturated heterocycles. The summed E-state index contributed by atoms with van der Waals surface area (Å²) < 4.78 is 0. The zero-order chi connectivity index (χ0) is 20.4. The Hall–Kier alpha value is -0.570. The number of rotatable bonds is 9. The molecule has 2 rings (SSSR count). The van der Waals surface area contributed by atoms with Crippen molar-refractivity contribution in [2.45, 2.75) is 33.1 Å². The number of guanidine groups is 1. The summed E-state index contributed by atoms with van der Waals surface area (Å²) in [5.74, 6) is 0.888. The molecule has 0 bridgehead atoms. The molecule has 1 aliphatic heterocycles. The molecule has 0 spiro atoms. The minimum Gasteiger partial charge on any atom is -0.356 e. The standard InChI is InChI=1S/C22H38ClN5.HI/c1-22(2,17-19-8-7-9-20(23)16-19)18-26-21(24-3)25-10-5-6-11-28-14-12-27(4)13-15-28;/h7-9,16H,5-6,10-15,17-18H2,1-4H3,(H2,24,25,26);1H. The quantitative estimate of drug-likeness (QED) is 0.219. The van der Waals surface area contributed by atoms with E-state index in [1.54, 1.807) is 0 Å². The van der Waals surface area contributed by atoms with E-state index in [0.29, 0.717) is 0 Å². The first-order chi connectivity index (χ1) is 13.4.